The van der Waals surface area contributed by atoms with E-state index in [4.69, 9.17) is 0 Å². The lowest BCUT2D eigenvalue weighted by Gasteiger charge is -2.35. The van der Waals surface area contributed by atoms with Crippen molar-refractivity contribution in [2.24, 2.45) is 0 Å². The first kappa shape index (κ1) is 17.4. The van der Waals surface area contributed by atoms with Crippen LogP contribution in [0.5, 0.6) is 0 Å². The molecule has 1 amide bonds. The smallest absolute Gasteiger partial charge is 0.252 e. The van der Waals surface area contributed by atoms with Gasteiger partial charge in [0, 0.05) is 37.0 Å². The van der Waals surface area contributed by atoms with Gasteiger partial charge in [-0.2, -0.15) is 0 Å². The second-order valence-corrected chi connectivity index (χ2v) is 6.45. The van der Waals surface area contributed by atoms with E-state index in [2.05, 4.69) is 20.2 Å². The molecule has 0 saturated carbocycles. The predicted molar refractivity (Wildman–Crippen MR) is 95.8 cm³/mol. The largest absolute Gasteiger partial charge is 0.350 e. The van der Waals surface area contributed by atoms with E-state index in [9.17, 15) is 9.59 Å². The molecule has 1 fully saturated rings. The van der Waals surface area contributed by atoms with E-state index < -0.39 is 0 Å². The Balaban J connectivity index is 1.56. The highest BCUT2D eigenvalue weighted by atomic mass is 16.1. The van der Waals surface area contributed by atoms with E-state index in [0.717, 1.165) is 37.1 Å². The van der Waals surface area contributed by atoms with E-state index >= 15 is 0 Å². The van der Waals surface area contributed by atoms with Crippen molar-refractivity contribution in [1.29, 1.82) is 0 Å². The molecule has 1 aliphatic heterocycles. The molecule has 3 rings (SSSR count). The number of H-pyrrole nitrogens is 1. The highest BCUT2D eigenvalue weighted by Crippen LogP contribution is 2.21. The van der Waals surface area contributed by atoms with Crippen LogP contribution < -0.4 is 10.9 Å². The minimum absolute atomic E-state index is 0.0320. The zero-order valence-electron chi connectivity index (χ0n) is 14.3. The van der Waals surface area contributed by atoms with Crippen LogP contribution in [0.1, 0.15) is 36.9 Å². The maximum absolute atomic E-state index is 12.3. The van der Waals surface area contributed by atoms with E-state index in [1.54, 1.807) is 12.4 Å². The summed E-state index contributed by atoms with van der Waals surface area (Å²) >= 11 is 0. The van der Waals surface area contributed by atoms with Crippen LogP contribution >= 0.6 is 0 Å². The fraction of sp³-hybridized carbons (Fsp3) is 0.421. The van der Waals surface area contributed by atoms with Gasteiger partial charge in [-0.15, -0.1) is 0 Å². The van der Waals surface area contributed by atoms with Crippen LogP contribution in [-0.2, 0) is 17.9 Å². The summed E-state index contributed by atoms with van der Waals surface area (Å²) in [5.74, 6) is 0.0320. The molecule has 0 aliphatic carbocycles. The van der Waals surface area contributed by atoms with Gasteiger partial charge in [0.2, 0.25) is 5.91 Å². The Hall–Kier alpha value is -2.47. The Bertz CT molecular complexity index is 744. The molecule has 1 unspecified atom stereocenters. The van der Waals surface area contributed by atoms with E-state index in [1.165, 1.54) is 0 Å². The molecule has 2 aromatic heterocycles. The van der Waals surface area contributed by atoms with Gasteiger partial charge >= 0.3 is 0 Å². The number of pyridine rings is 2. The van der Waals surface area contributed by atoms with Gasteiger partial charge in [0.05, 0.1) is 12.2 Å². The Morgan fingerprint density at radius 2 is 2.20 bits per heavy atom. The minimum atomic E-state index is -0.0496. The Labute approximate surface area is 147 Å². The minimum Gasteiger partial charge on any atom is -0.350 e. The molecule has 0 bridgehead atoms. The summed E-state index contributed by atoms with van der Waals surface area (Å²) in [6.45, 7) is 1.96. The standard InChI is InChI=1S/C19H24N4O2/c24-18(22-13-16-7-1-3-9-20-16)12-17-8-2-4-11-23(17)14-15-6-5-10-21-19(15)25/h1,3,5-7,9-10,17H,2,4,8,11-14H2,(H,21,25)(H,22,24). The number of nitrogens with one attached hydrogen (secondary N) is 2. The van der Waals surface area contributed by atoms with Gasteiger partial charge in [0.1, 0.15) is 0 Å². The number of carbonyl (C=O) groups excluding carboxylic acids is 1. The summed E-state index contributed by atoms with van der Waals surface area (Å²) in [7, 11) is 0. The molecule has 0 spiro atoms. The molecule has 3 heterocycles. The van der Waals surface area contributed by atoms with Gasteiger partial charge in [-0.3, -0.25) is 19.5 Å². The molecule has 1 aliphatic rings. The lowest BCUT2D eigenvalue weighted by Crippen LogP contribution is -2.43. The van der Waals surface area contributed by atoms with Crippen molar-refractivity contribution in [2.75, 3.05) is 6.54 Å². The van der Waals surface area contributed by atoms with E-state index in [0.29, 0.717) is 19.5 Å². The maximum atomic E-state index is 12.3. The average molecular weight is 340 g/mol. The first-order valence-corrected chi connectivity index (χ1v) is 8.79. The summed E-state index contributed by atoms with van der Waals surface area (Å²) in [5, 5.41) is 2.95. The fourth-order valence-electron chi connectivity index (χ4n) is 3.28. The summed E-state index contributed by atoms with van der Waals surface area (Å²) in [5.41, 5.74) is 1.56. The normalized spacial score (nSPS) is 18.0. The van der Waals surface area contributed by atoms with E-state index in [1.807, 2.05) is 30.3 Å². The monoisotopic (exact) mass is 340 g/mol. The van der Waals surface area contributed by atoms with Gasteiger partial charge in [-0.05, 0) is 37.6 Å². The number of hydrogen-bond acceptors (Lipinski definition) is 4. The number of nitrogens with zero attached hydrogens (tertiary/aromatic N) is 2. The SMILES string of the molecule is O=C(CC1CCCCN1Cc1ccc[nH]c1=O)NCc1ccccn1. The predicted octanol–water partition coefficient (Wildman–Crippen LogP) is 1.83. The summed E-state index contributed by atoms with van der Waals surface area (Å²) in [6, 6.07) is 9.54. The number of aromatic nitrogens is 2. The number of carbonyl (C=O) groups is 1. The van der Waals surface area contributed by atoms with Crippen molar-refractivity contribution in [2.45, 2.75) is 44.8 Å². The molecule has 6 heteroatoms. The van der Waals surface area contributed by atoms with Gasteiger partial charge < -0.3 is 10.3 Å². The van der Waals surface area contributed by atoms with Crippen molar-refractivity contribution in [3.63, 3.8) is 0 Å². The van der Waals surface area contributed by atoms with Gasteiger partial charge in [-0.25, -0.2) is 0 Å². The van der Waals surface area contributed by atoms with E-state index in [-0.39, 0.29) is 17.5 Å². The zero-order chi connectivity index (χ0) is 17.5. The Morgan fingerprint density at radius 3 is 3.00 bits per heavy atom. The zero-order valence-corrected chi connectivity index (χ0v) is 14.3. The van der Waals surface area contributed by atoms with Crippen molar-refractivity contribution in [3.05, 3.63) is 64.3 Å². The van der Waals surface area contributed by atoms with Crippen LogP contribution in [0, 0.1) is 0 Å². The summed E-state index contributed by atoms with van der Waals surface area (Å²) < 4.78 is 0. The quantitative estimate of drug-likeness (QED) is 0.841. The highest BCUT2D eigenvalue weighted by Gasteiger charge is 2.25. The van der Waals surface area contributed by atoms with Crippen molar-refractivity contribution in [1.82, 2.24) is 20.2 Å². The molecule has 6 nitrogen and oxygen atoms in total. The van der Waals surface area contributed by atoms with Gasteiger partial charge in [0.25, 0.3) is 5.56 Å². The Morgan fingerprint density at radius 1 is 1.28 bits per heavy atom. The summed E-state index contributed by atoms with van der Waals surface area (Å²) in [6.07, 6.45) is 7.04. The number of amides is 1. The molecular formula is C19H24N4O2. The number of aromatic amines is 1. The third kappa shape index (κ3) is 5.00. The van der Waals surface area contributed by atoms with Gasteiger partial charge in [0.15, 0.2) is 0 Å². The van der Waals surface area contributed by atoms with Crippen LogP contribution in [0.3, 0.4) is 0 Å². The molecule has 1 atom stereocenters. The molecular weight excluding hydrogens is 316 g/mol. The maximum Gasteiger partial charge on any atom is 0.252 e. The van der Waals surface area contributed by atoms with Crippen LogP contribution in [0.15, 0.2) is 47.5 Å². The first-order chi connectivity index (χ1) is 12.2. The molecule has 25 heavy (non-hydrogen) atoms. The molecule has 2 aromatic rings. The van der Waals surface area contributed by atoms with Gasteiger partial charge in [-0.1, -0.05) is 18.6 Å². The van der Waals surface area contributed by atoms with Crippen molar-refractivity contribution >= 4 is 5.91 Å². The topological polar surface area (TPSA) is 78.1 Å². The number of likely N-dealkylation sites (tertiary alicyclic amines) is 1. The lowest BCUT2D eigenvalue weighted by molar-refractivity contribution is -0.122. The van der Waals surface area contributed by atoms with Crippen LogP contribution in [0.2, 0.25) is 0 Å². The number of rotatable bonds is 6. The lowest BCUT2D eigenvalue weighted by atomic mass is 9.98. The van der Waals surface area contributed by atoms with Crippen LogP contribution in [-0.4, -0.2) is 33.4 Å². The third-order valence-corrected chi connectivity index (χ3v) is 4.64. The highest BCUT2D eigenvalue weighted by molar-refractivity contribution is 5.76. The van der Waals surface area contributed by atoms with Crippen LogP contribution in [0.4, 0.5) is 0 Å². The van der Waals surface area contributed by atoms with Crippen molar-refractivity contribution < 1.29 is 4.79 Å². The second-order valence-electron chi connectivity index (χ2n) is 6.45. The van der Waals surface area contributed by atoms with Crippen molar-refractivity contribution in [3.8, 4) is 0 Å². The molecule has 0 aromatic carbocycles. The third-order valence-electron chi connectivity index (χ3n) is 4.64. The summed E-state index contributed by atoms with van der Waals surface area (Å²) in [4.78, 5) is 33.4. The number of piperidine rings is 1. The molecule has 2 N–H and O–H groups in total. The molecule has 0 radical (unpaired) electrons. The van der Waals surface area contributed by atoms with Crippen LogP contribution in [0.25, 0.3) is 0 Å². The Kier molecular flexibility index (Phi) is 5.95. The first-order valence-electron chi connectivity index (χ1n) is 8.79. The molecule has 132 valence electrons. The average Bonchev–Trinajstić information content (AvgIpc) is 2.64. The number of hydrogen-bond donors (Lipinski definition) is 2. The second kappa shape index (κ2) is 8.58. The fourth-order valence-corrected chi connectivity index (χ4v) is 3.28. The molecule has 1 saturated heterocycles.